The van der Waals surface area contributed by atoms with E-state index in [1.165, 1.54) is 12.6 Å². The molecule has 29 heavy (non-hydrogen) atoms. The van der Waals surface area contributed by atoms with Gasteiger partial charge in [-0.15, -0.1) is 0 Å². The van der Waals surface area contributed by atoms with E-state index in [9.17, 15) is 9.59 Å². The van der Waals surface area contributed by atoms with Gasteiger partial charge in [0.25, 0.3) is 0 Å². The number of nitrogens with zero attached hydrogens (tertiary/aromatic N) is 2. The summed E-state index contributed by atoms with van der Waals surface area (Å²) in [5.74, 6) is 0.0236. The van der Waals surface area contributed by atoms with Crippen molar-refractivity contribution in [1.29, 1.82) is 0 Å². The summed E-state index contributed by atoms with van der Waals surface area (Å²) >= 11 is 0. The highest BCUT2D eigenvalue weighted by atomic mass is 16.4. The number of amides is 1. The van der Waals surface area contributed by atoms with Gasteiger partial charge in [-0.3, -0.25) is 9.59 Å². The van der Waals surface area contributed by atoms with Crippen molar-refractivity contribution in [2.24, 2.45) is 11.7 Å². The maximum atomic E-state index is 12.2. The molecule has 164 valence electrons. The molecule has 1 amide bonds. The largest absolute Gasteiger partial charge is 0.481 e. The number of carbonyl (C=O) groups excluding carboxylic acids is 1. The van der Waals surface area contributed by atoms with Gasteiger partial charge in [0.2, 0.25) is 5.91 Å². The SMILES string of the molecule is CCc1ccc(CCCN2CCCC(C(=O)NCCC(=O)O)C2)nc1NC.CN. The maximum Gasteiger partial charge on any atom is 0.305 e. The van der Waals surface area contributed by atoms with Crippen LogP contribution in [-0.4, -0.2) is 67.1 Å². The van der Waals surface area contributed by atoms with E-state index in [2.05, 4.69) is 40.3 Å². The number of rotatable bonds is 10. The average Bonchev–Trinajstić information content (AvgIpc) is 2.75. The summed E-state index contributed by atoms with van der Waals surface area (Å²) in [7, 11) is 3.40. The molecule has 0 spiro atoms. The van der Waals surface area contributed by atoms with Gasteiger partial charge in [-0.25, -0.2) is 4.98 Å². The average molecular weight is 408 g/mol. The molecule has 2 rings (SSSR count). The van der Waals surface area contributed by atoms with E-state index in [4.69, 9.17) is 10.1 Å². The van der Waals surface area contributed by atoms with E-state index in [0.29, 0.717) is 0 Å². The third-order valence-electron chi connectivity index (χ3n) is 5.08. The van der Waals surface area contributed by atoms with E-state index < -0.39 is 5.97 Å². The third-order valence-corrected chi connectivity index (χ3v) is 5.08. The highest BCUT2D eigenvalue weighted by molar-refractivity contribution is 5.79. The molecular weight excluding hydrogens is 370 g/mol. The minimum atomic E-state index is -0.886. The van der Waals surface area contributed by atoms with E-state index in [0.717, 1.165) is 63.3 Å². The van der Waals surface area contributed by atoms with Gasteiger partial charge in [0.15, 0.2) is 0 Å². The molecule has 0 saturated carbocycles. The fourth-order valence-corrected chi connectivity index (χ4v) is 3.56. The minimum absolute atomic E-state index is 0.0172. The molecule has 1 saturated heterocycles. The van der Waals surface area contributed by atoms with Crippen molar-refractivity contribution in [2.75, 3.05) is 45.6 Å². The second-order valence-corrected chi connectivity index (χ2v) is 7.09. The fraction of sp³-hybridized carbons (Fsp3) is 0.667. The topological polar surface area (TPSA) is 121 Å². The number of carboxylic acids is 1. The molecule has 0 aliphatic carbocycles. The Morgan fingerprint density at radius 3 is 2.76 bits per heavy atom. The van der Waals surface area contributed by atoms with E-state index in [-0.39, 0.29) is 24.8 Å². The van der Waals surface area contributed by atoms with Gasteiger partial charge in [0, 0.05) is 25.8 Å². The first-order valence-electron chi connectivity index (χ1n) is 10.5. The maximum absolute atomic E-state index is 12.2. The van der Waals surface area contributed by atoms with E-state index in [1.807, 2.05) is 7.05 Å². The van der Waals surface area contributed by atoms with Gasteiger partial charge in [-0.1, -0.05) is 13.0 Å². The van der Waals surface area contributed by atoms with Crippen LogP contribution in [0.3, 0.4) is 0 Å². The third kappa shape index (κ3) is 8.79. The van der Waals surface area contributed by atoms with Crippen LogP contribution in [0.4, 0.5) is 5.82 Å². The number of piperidine rings is 1. The molecule has 2 heterocycles. The molecular formula is C21H37N5O3. The molecule has 8 nitrogen and oxygen atoms in total. The summed E-state index contributed by atoms with van der Waals surface area (Å²) in [4.78, 5) is 29.8. The zero-order valence-electron chi connectivity index (χ0n) is 18.0. The van der Waals surface area contributed by atoms with Gasteiger partial charge >= 0.3 is 5.97 Å². The number of aryl methyl sites for hydroxylation is 2. The second-order valence-electron chi connectivity index (χ2n) is 7.09. The lowest BCUT2D eigenvalue weighted by Gasteiger charge is -2.32. The van der Waals surface area contributed by atoms with Gasteiger partial charge in [0.05, 0.1) is 12.3 Å². The first-order chi connectivity index (χ1) is 14.0. The Kier molecular flexibility index (Phi) is 11.9. The zero-order chi connectivity index (χ0) is 21.6. The Labute approximate surface area is 174 Å². The van der Waals surface area contributed by atoms with Gasteiger partial charge in [0.1, 0.15) is 5.82 Å². The van der Waals surface area contributed by atoms with Crippen molar-refractivity contribution < 1.29 is 14.7 Å². The van der Waals surface area contributed by atoms with Gasteiger partial charge < -0.3 is 26.4 Å². The Morgan fingerprint density at radius 2 is 2.10 bits per heavy atom. The van der Waals surface area contributed by atoms with Crippen LogP contribution in [0.1, 0.15) is 43.9 Å². The minimum Gasteiger partial charge on any atom is -0.481 e. The molecule has 1 unspecified atom stereocenters. The predicted octanol–water partition coefficient (Wildman–Crippen LogP) is 1.50. The summed E-state index contributed by atoms with van der Waals surface area (Å²) in [6, 6.07) is 4.25. The normalized spacial score (nSPS) is 16.5. The molecule has 5 N–H and O–H groups in total. The van der Waals surface area contributed by atoms with Crippen molar-refractivity contribution in [3.63, 3.8) is 0 Å². The molecule has 1 atom stereocenters. The number of nitrogens with one attached hydrogen (secondary N) is 2. The lowest BCUT2D eigenvalue weighted by molar-refractivity contribution is -0.137. The highest BCUT2D eigenvalue weighted by Gasteiger charge is 2.25. The summed E-state index contributed by atoms with van der Waals surface area (Å²) in [6.07, 6.45) is 4.75. The number of aromatic nitrogens is 1. The number of hydrogen-bond acceptors (Lipinski definition) is 6. The molecule has 0 radical (unpaired) electrons. The van der Waals surface area contributed by atoms with Crippen molar-refractivity contribution in [1.82, 2.24) is 15.2 Å². The number of aliphatic carboxylic acids is 1. The Hall–Kier alpha value is -2.19. The van der Waals surface area contributed by atoms with Crippen LogP contribution in [0, 0.1) is 5.92 Å². The molecule has 8 heteroatoms. The van der Waals surface area contributed by atoms with Crippen LogP contribution in [0.5, 0.6) is 0 Å². The first-order valence-corrected chi connectivity index (χ1v) is 10.5. The molecule has 1 aliphatic heterocycles. The summed E-state index contributed by atoms with van der Waals surface area (Å²) in [5, 5.41) is 14.6. The number of hydrogen-bond donors (Lipinski definition) is 4. The molecule has 1 fully saturated rings. The van der Waals surface area contributed by atoms with Crippen LogP contribution >= 0.6 is 0 Å². The van der Waals surface area contributed by atoms with Crippen LogP contribution in [0.25, 0.3) is 0 Å². The first kappa shape index (κ1) is 24.8. The molecule has 0 aromatic carbocycles. The van der Waals surface area contributed by atoms with Crippen LogP contribution in [-0.2, 0) is 22.4 Å². The van der Waals surface area contributed by atoms with Crippen molar-refractivity contribution in [3.8, 4) is 0 Å². The van der Waals surface area contributed by atoms with E-state index in [1.54, 1.807) is 0 Å². The quantitative estimate of drug-likeness (QED) is 0.464. The molecule has 0 bridgehead atoms. The van der Waals surface area contributed by atoms with Crippen molar-refractivity contribution in [3.05, 3.63) is 23.4 Å². The number of nitrogens with two attached hydrogens (primary N) is 1. The Bertz CT molecular complexity index is 639. The smallest absolute Gasteiger partial charge is 0.305 e. The predicted molar refractivity (Wildman–Crippen MR) is 116 cm³/mol. The number of anilines is 1. The second kappa shape index (κ2) is 13.9. The van der Waals surface area contributed by atoms with Crippen LogP contribution in [0.15, 0.2) is 12.1 Å². The number of likely N-dealkylation sites (tertiary alicyclic amines) is 1. The van der Waals surface area contributed by atoms with Crippen LogP contribution < -0.4 is 16.4 Å². The van der Waals surface area contributed by atoms with Gasteiger partial charge in [-0.05, 0) is 63.9 Å². The fourth-order valence-electron chi connectivity index (χ4n) is 3.56. The molecule has 1 aromatic rings. The van der Waals surface area contributed by atoms with Crippen molar-refractivity contribution in [2.45, 2.75) is 45.4 Å². The summed E-state index contributed by atoms with van der Waals surface area (Å²) in [6.45, 7) is 5.05. The monoisotopic (exact) mass is 407 g/mol. The molecule has 1 aromatic heterocycles. The number of carboxylic acid groups (broad SMARTS) is 1. The number of carbonyl (C=O) groups is 2. The Morgan fingerprint density at radius 1 is 1.34 bits per heavy atom. The standard InChI is InChI=1S/C20H32N4O3.CH5N/c1-3-15-8-9-17(23-19(15)21-2)7-5-13-24-12-4-6-16(14-24)20(27)22-11-10-18(25)26;1-2/h8-9,16H,3-7,10-14H2,1-2H3,(H,21,23)(H,22,27)(H,25,26);2H2,1H3. The summed E-state index contributed by atoms with van der Waals surface area (Å²) < 4.78 is 0. The van der Waals surface area contributed by atoms with Crippen molar-refractivity contribution >= 4 is 17.7 Å². The van der Waals surface area contributed by atoms with Gasteiger partial charge in [-0.2, -0.15) is 0 Å². The number of pyridine rings is 1. The zero-order valence-corrected chi connectivity index (χ0v) is 18.0. The highest BCUT2D eigenvalue weighted by Crippen LogP contribution is 2.18. The summed E-state index contributed by atoms with van der Waals surface area (Å²) in [5.41, 5.74) is 6.82. The van der Waals surface area contributed by atoms with E-state index >= 15 is 0 Å². The Balaban J connectivity index is 0.00000204. The lowest BCUT2D eigenvalue weighted by Crippen LogP contribution is -2.43. The lowest BCUT2D eigenvalue weighted by atomic mass is 9.97. The van der Waals surface area contributed by atoms with Crippen LogP contribution in [0.2, 0.25) is 0 Å². The molecule has 1 aliphatic rings.